The molecule has 0 fully saturated rings. The summed E-state index contributed by atoms with van der Waals surface area (Å²) in [6.07, 6.45) is -1.07. The summed E-state index contributed by atoms with van der Waals surface area (Å²) in [6, 6.07) is 1.43. The van der Waals surface area contributed by atoms with Crippen LogP contribution < -0.4 is 0 Å². The predicted molar refractivity (Wildman–Crippen MR) is 84.8 cm³/mol. The van der Waals surface area contributed by atoms with Gasteiger partial charge in [-0.15, -0.1) is 10.2 Å². The van der Waals surface area contributed by atoms with Crippen LogP contribution in [-0.4, -0.2) is 19.7 Å². The molecule has 2 aromatic rings. The second kappa shape index (κ2) is 6.83. The van der Waals surface area contributed by atoms with Gasteiger partial charge in [-0.05, 0) is 30.7 Å². The van der Waals surface area contributed by atoms with Crippen molar-refractivity contribution in [3.63, 3.8) is 0 Å². The van der Waals surface area contributed by atoms with E-state index in [1.807, 2.05) is 4.57 Å². The maximum Gasteiger partial charge on any atom is 0.418 e. The molecule has 0 saturated heterocycles. The van der Waals surface area contributed by atoms with E-state index in [2.05, 4.69) is 10.2 Å². The van der Waals surface area contributed by atoms with E-state index in [4.69, 9.17) is 11.6 Å². The van der Waals surface area contributed by atoms with E-state index in [0.717, 1.165) is 49.3 Å². The van der Waals surface area contributed by atoms with Crippen molar-refractivity contribution in [1.82, 2.24) is 14.8 Å². The number of benzene rings is 1. The largest absolute Gasteiger partial charge is 0.418 e. The molecule has 0 saturated carbocycles. The zero-order valence-corrected chi connectivity index (χ0v) is 14.3. The van der Waals surface area contributed by atoms with Crippen LogP contribution in [0.25, 0.3) is 0 Å². The van der Waals surface area contributed by atoms with Crippen molar-refractivity contribution in [2.45, 2.75) is 48.5 Å². The molecule has 2 heterocycles. The Hall–Kier alpha value is -1.81. The molecule has 0 amide bonds. The van der Waals surface area contributed by atoms with Crippen molar-refractivity contribution >= 4 is 29.1 Å². The van der Waals surface area contributed by atoms with Crippen LogP contribution in [0.4, 0.5) is 18.9 Å². The number of nitro groups is 1. The van der Waals surface area contributed by atoms with Crippen molar-refractivity contribution in [2.75, 3.05) is 0 Å². The molecule has 134 valence electrons. The number of rotatable bonds is 3. The first kappa shape index (κ1) is 18.0. The smallest absolute Gasteiger partial charge is 0.306 e. The monoisotopic (exact) mass is 392 g/mol. The maximum absolute atomic E-state index is 12.9. The van der Waals surface area contributed by atoms with E-state index in [1.54, 1.807) is 0 Å². The third-order valence-electron chi connectivity index (χ3n) is 3.83. The van der Waals surface area contributed by atoms with Gasteiger partial charge in [0, 0.05) is 19.0 Å². The first-order valence-electron chi connectivity index (χ1n) is 7.42. The number of hydrogen-bond donors (Lipinski definition) is 0. The van der Waals surface area contributed by atoms with Crippen LogP contribution in [0.1, 0.15) is 30.7 Å². The number of fused-ring (bicyclic) bond motifs is 1. The van der Waals surface area contributed by atoms with Gasteiger partial charge in [-0.2, -0.15) is 13.2 Å². The molecule has 0 radical (unpaired) electrons. The normalized spacial score (nSPS) is 14.9. The average molecular weight is 393 g/mol. The van der Waals surface area contributed by atoms with Gasteiger partial charge in [-0.1, -0.05) is 18.0 Å². The first-order chi connectivity index (χ1) is 11.8. The SMILES string of the molecule is O=[N+]([O-])c1cc(C(F)(F)F)c(Cl)cc1Sc1nnc2n1CCCCC2. The summed E-state index contributed by atoms with van der Waals surface area (Å²) in [5.74, 6) is 0.778. The Balaban J connectivity index is 2.02. The molecular weight excluding hydrogens is 381 g/mol. The fourth-order valence-electron chi connectivity index (χ4n) is 2.62. The highest BCUT2D eigenvalue weighted by molar-refractivity contribution is 7.99. The lowest BCUT2D eigenvalue weighted by molar-refractivity contribution is -0.388. The van der Waals surface area contributed by atoms with E-state index in [0.29, 0.717) is 17.8 Å². The molecule has 0 spiro atoms. The molecule has 1 aromatic carbocycles. The predicted octanol–water partition coefficient (Wildman–Crippen LogP) is 4.74. The molecule has 0 N–H and O–H groups in total. The highest BCUT2D eigenvalue weighted by Crippen LogP contribution is 2.43. The first-order valence-corrected chi connectivity index (χ1v) is 8.62. The van der Waals surface area contributed by atoms with Crippen LogP contribution >= 0.6 is 23.4 Å². The van der Waals surface area contributed by atoms with E-state index in [1.165, 1.54) is 0 Å². The molecule has 25 heavy (non-hydrogen) atoms. The maximum atomic E-state index is 12.9. The van der Waals surface area contributed by atoms with Gasteiger partial charge in [0.05, 0.1) is 20.4 Å². The third-order valence-corrected chi connectivity index (χ3v) is 5.17. The number of alkyl halides is 3. The molecule has 11 heteroatoms. The minimum absolute atomic E-state index is 0.00227. The Bertz CT molecular complexity index is 825. The molecule has 6 nitrogen and oxygen atoms in total. The average Bonchev–Trinajstić information content (AvgIpc) is 2.74. The van der Waals surface area contributed by atoms with Crippen molar-refractivity contribution in [3.05, 3.63) is 38.7 Å². The lowest BCUT2D eigenvalue weighted by Gasteiger charge is -2.11. The summed E-state index contributed by atoms with van der Waals surface area (Å²) < 4.78 is 40.6. The van der Waals surface area contributed by atoms with Crippen LogP contribution in [0, 0.1) is 10.1 Å². The van der Waals surface area contributed by atoms with Crippen molar-refractivity contribution < 1.29 is 18.1 Å². The third kappa shape index (κ3) is 3.74. The van der Waals surface area contributed by atoms with E-state index in [-0.39, 0.29) is 4.90 Å². The minimum atomic E-state index is -4.77. The molecule has 1 aliphatic heterocycles. The van der Waals surface area contributed by atoms with Crippen LogP contribution in [-0.2, 0) is 19.1 Å². The lowest BCUT2D eigenvalue weighted by Crippen LogP contribution is -2.07. The number of aryl methyl sites for hydroxylation is 1. The van der Waals surface area contributed by atoms with Gasteiger partial charge in [0.25, 0.3) is 5.69 Å². The minimum Gasteiger partial charge on any atom is -0.306 e. The topological polar surface area (TPSA) is 73.8 Å². The summed E-state index contributed by atoms with van der Waals surface area (Å²) in [7, 11) is 0. The van der Waals surface area contributed by atoms with Gasteiger partial charge in [-0.25, -0.2) is 0 Å². The zero-order valence-electron chi connectivity index (χ0n) is 12.7. The number of halogens is 4. The van der Waals surface area contributed by atoms with Crippen LogP contribution in [0.15, 0.2) is 22.2 Å². The fourth-order valence-corrected chi connectivity index (χ4v) is 3.95. The summed E-state index contributed by atoms with van der Waals surface area (Å²) in [6.45, 7) is 0.673. The summed E-state index contributed by atoms with van der Waals surface area (Å²) in [5, 5.41) is 19.1. The quantitative estimate of drug-likeness (QED) is 0.557. The molecule has 0 bridgehead atoms. The van der Waals surface area contributed by atoms with Gasteiger partial charge >= 0.3 is 6.18 Å². The molecule has 1 aliphatic rings. The van der Waals surface area contributed by atoms with Crippen LogP contribution in [0.3, 0.4) is 0 Å². The van der Waals surface area contributed by atoms with E-state index in [9.17, 15) is 23.3 Å². The molecular formula is C14H12ClF3N4O2S. The van der Waals surface area contributed by atoms with Gasteiger partial charge in [-0.3, -0.25) is 10.1 Å². The fraction of sp³-hybridized carbons (Fsp3) is 0.429. The van der Waals surface area contributed by atoms with Crippen molar-refractivity contribution in [1.29, 1.82) is 0 Å². The second-order valence-electron chi connectivity index (χ2n) is 5.52. The Morgan fingerprint density at radius 2 is 2.00 bits per heavy atom. The molecule has 1 aromatic heterocycles. The molecule has 0 aliphatic carbocycles. The van der Waals surface area contributed by atoms with Gasteiger partial charge in [0.1, 0.15) is 5.82 Å². The summed E-state index contributed by atoms with van der Waals surface area (Å²) in [4.78, 5) is 10.4. The van der Waals surface area contributed by atoms with Gasteiger partial charge in [0.15, 0.2) is 5.16 Å². The van der Waals surface area contributed by atoms with Gasteiger partial charge in [0.2, 0.25) is 0 Å². The molecule has 3 rings (SSSR count). The number of nitro benzene ring substituents is 1. The Kier molecular flexibility index (Phi) is 4.92. The standard InChI is InChI=1S/C14H12ClF3N4O2S/c15-9-7-11(10(22(23)24)6-8(9)14(16,17)18)25-13-20-19-12-4-2-1-3-5-21(12)13/h6-7H,1-5H2. The van der Waals surface area contributed by atoms with Gasteiger partial charge < -0.3 is 4.57 Å². The Labute approximate surface area is 149 Å². The number of hydrogen-bond acceptors (Lipinski definition) is 5. The van der Waals surface area contributed by atoms with E-state index >= 15 is 0 Å². The Morgan fingerprint density at radius 3 is 2.68 bits per heavy atom. The zero-order chi connectivity index (χ0) is 18.2. The van der Waals surface area contributed by atoms with Crippen molar-refractivity contribution in [2.24, 2.45) is 0 Å². The van der Waals surface area contributed by atoms with Crippen molar-refractivity contribution in [3.8, 4) is 0 Å². The van der Waals surface area contributed by atoms with E-state index < -0.39 is 27.4 Å². The van der Waals surface area contributed by atoms with Crippen LogP contribution in [0.5, 0.6) is 0 Å². The molecule has 0 atom stereocenters. The Morgan fingerprint density at radius 1 is 1.24 bits per heavy atom. The highest BCUT2D eigenvalue weighted by Gasteiger charge is 2.36. The van der Waals surface area contributed by atoms with Crippen LogP contribution in [0.2, 0.25) is 5.02 Å². The number of nitrogens with zero attached hydrogens (tertiary/aromatic N) is 4. The molecule has 0 unspecified atom stereocenters. The second-order valence-corrected chi connectivity index (χ2v) is 6.93. The summed E-state index contributed by atoms with van der Waals surface area (Å²) >= 11 is 6.60. The highest BCUT2D eigenvalue weighted by atomic mass is 35.5. The lowest BCUT2D eigenvalue weighted by atomic mass is 10.2. The number of aromatic nitrogens is 3. The summed E-state index contributed by atoms with van der Waals surface area (Å²) in [5.41, 5.74) is -1.89.